The zero-order valence-corrected chi connectivity index (χ0v) is 15.8. The van der Waals surface area contributed by atoms with Crippen molar-refractivity contribution in [1.29, 1.82) is 0 Å². The lowest BCUT2D eigenvalue weighted by Gasteiger charge is -2.23. The van der Waals surface area contributed by atoms with Gasteiger partial charge in [-0.3, -0.25) is 14.6 Å². The van der Waals surface area contributed by atoms with E-state index in [-0.39, 0.29) is 5.91 Å². The molecule has 142 valence electrons. The number of nitrogens with zero attached hydrogens (tertiary/aromatic N) is 4. The predicted octanol–water partition coefficient (Wildman–Crippen LogP) is 2.19. The molecule has 27 heavy (non-hydrogen) atoms. The number of carbonyl (C=O) groups is 1. The van der Waals surface area contributed by atoms with E-state index in [1.165, 1.54) is 19.3 Å². The van der Waals surface area contributed by atoms with E-state index in [9.17, 15) is 4.79 Å². The van der Waals surface area contributed by atoms with Gasteiger partial charge in [0, 0.05) is 24.7 Å². The van der Waals surface area contributed by atoms with Gasteiger partial charge in [0.05, 0.1) is 23.0 Å². The number of hydrogen-bond acceptors (Lipinski definition) is 6. The minimum Gasteiger partial charge on any atom is -0.346 e. The highest BCUT2D eigenvalue weighted by atomic mass is 32.1. The smallest absolute Gasteiger partial charge is 0.273 e. The molecule has 0 aliphatic carbocycles. The molecule has 0 bridgehead atoms. The largest absolute Gasteiger partial charge is 0.346 e. The second kappa shape index (κ2) is 8.45. The Balaban J connectivity index is 1.30. The molecule has 3 aromatic heterocycles. The van der Waals surface area contributed by atoms with Gasteiger partial charge in [0.25, 0.3) is 5.91 Å². The van der Waals surface area contributed by atoms with Crippen molar-refractivity contribution in [3.8, 4) is 10.6 Å². The summed E-state index contributed by atoms with van der Waals surface area (Å²) < 4.78 is 1.75. The van der Waals surface area contributed by atoms with Crippen LogP contribution >= 0.6 is 11.3 Å². The summed E-state index contributed by atoms with van der Waals surface area (Å²) in [6, 6.07) is 4.55. The summed E-state index contributed by atoms with van der Waals surface area (Å²) in [5.74, 6) is -0.227. The van der Waals surface area contributed by atoms with Crippen molar-refractivity contribution in [3.63, 3.8) is 0 Å². The normalized spacial score (nSPS) is 17.1. The van der Waals surface area contributed by atoms with Gasteiger partial charge in [-0.25, -0.2) is 0 Å². The van der Waals surface area contributed by atoms with Crippen LogP contribution in [-0.4, -0.2) is 43.7 Å². The number of rotatable bonds is 7. The van der Waals surface area contributed by atoms with E-state index in [0.717, 1.165) is 35.6 Å². The number of hydrogen-bond donors (Lipinski definition) is 3. The molecule has 8 nitrogen and oxygen atoms in total. The van der Waals surface area contributed by atoms with E-state index in [1.807, 2.05) is 17.5 Å². The SMILES string of the molecule is O=C(NCc1cn[nH]c1-c1cccs1)c1cn(CC[C@@H]2CCCCN2)nn1. The fourth-order valence-electron chi connectivity index (χ4n) is 3.32. The summed E-state index contributed by atoms with van der Waals surface area (Å²) in [6.45, 7) is 2.25. The van der Waals surface area contributed by atoms with Gasteiger partial charge >= 0.3 is 0 Å². The highest BCUT2D eigenvalue weighted by Crippen LogP contribution is 2.25. The molecule has 0 unspecified atom stereocenters. The van der Waals surface area contributed by atoms with Crippen LogP contribution in [0.3, 0.4) is 0 Å². The Hall–Kier alpha value is -2.52. The first-order valence-electron chi connectivity index (χ1n) is 9.27. The molecule has 0 spiro atoms. The fourth-order valence-corrected chi connectivity index (χ4v) is 4.07. The van der Waals surface area contributed by atoms with Crippen molar-refractivity contribution in [2.75, 3.05) is 6.54 Å². The van der Waals surface area contributed by atoms with E-state index in [4.69, 9.17) is 0 Å². The third kappa shape index (κ3) is 4.42. The van der Waals surface area contributed by atoms with Crippen LogP contribution in [0.2, 0.25) is 0 Å². The van der Waals surface area contributed by atoms with Crippen LogP contribution in [0, 0.1) is 0 Å². The molecule has 1 amide bonds. The van der Waals surface area contributed by atoms with Gasteiger partial charge in [0.1, 0.15) is 0 Å². The fraction of sp³-hybridized carbons (Fsp3) is 0.444. The van der Waals surface area contributed by atoms with Gasteiger partial charge in [-0.1, -0.05) is 17.7 Å². The number of aromatic amines is 1. The van der Waals surface area contributed by atoms with Gasteiger partial charge < -0.3 is 10.6 Å². The van der Waals surface area contributed by atoms with Crippen LogP contribution in [-0.2, 0) is 13.1 Å². The Morgan fingerprint density at radius 2 is 2.37 bits per heavy atom. The molecule has 1 aliphatic rings. The van der Waals surface area contributed by atoms with Crippen LogP contribution in [0.5, 0.6) is 0 Å². The summed E-state index contributed by atoms with van der Waals surface area (Å²) in [7, 11) is 0. The van der Waals surface area contributed by atoms with E-state index in [0.29, 0.717) is 18.3 Å². The van der Waals surface area contributed by atoms with Gasteiger partial charge in [0.15, 0.2) is 5.69 Å². The molecule has 3 N–H and O–H groups in total. The standard InChI is InChI=1S/C18H23N7OS/c26-18(20-10-13-11-21-23-17(13)16-5-3-9-27-16)15-12-25(24-22-15)8-6-14-4-1-2-7-19-14/h3,5,9,11-12,14,19H,1-2,4,6-8,10H2,(H,20,26)(H,21,23)/t14-/m0/s1. The summed E-state index contributed by atoms with van der Waals surface area (Å²) in [5.41, 5.74) is 2.23. The minimum absolute atomic E-state index is 0.227. The van der Waals surface area contributed by atoms with E-state index in [2.05, 4.69) is 31.1 Å². The molecular weight excluding hydrogens is 362 g/mol. The molecule has 1 saturated heterocycles. The summed E-state index contributed by atoms with van der Waals surface area (Å²) in [4.78, 5) is 13.5. The maximum absolute atomic E-state index is 12.4. The molecular formula is C18H23N7OS. The highest BCUT2D eigenvalue weighted by molar-refractivity contribution is 7.13. The van der Waals surface area contributed by atoms with Gasteiger partial charge in [0.2, 0.25) is 0 Å². The molecule has 0 radical (unpaired) electrons. The third-order valence-corrected chi connectivity index (χ3v) is 5.70. The second-order valence-electron chi connectivity index (χ2n) is 6.73. The van der Waals surface area contributed by atoms with Crippen LogP contribution in [0.25, 0.3) is 10.6 Å². The Labute approximate surface area is 161 Å². The Morgan fingerprint density at radius 3 is 3.19 bits per heavy atom. The Morgan fingerprint density at radius 1 is 1.41 bits per heavy atom. The van der Waals surface area contributed by atoms with Crippen LogP contribution in [0.4, 0.5) is 0 Å². The zero-order valence-electron chi connectivity index (χ0n) is 15.0. The van der Waals surface area contributed by atoms with Crippen molar-refractivity contribution < 1.29 is 4.79 Å². The van der Waals surface area contributed by atoms with Crippen molar-refractivity contribution in [2.45, 2.75) is 44.8 Å². The first-order valence-corrected chi connectivity index (χ1v) is 10.2. The van der Waals surface area contributed by atoms with Crippen LogP contribution in [0.1, 0.15) is 41.7 Å². The molecule has 0 saturated carbocycles. The average Bonchev–Trinajstić information content (AvgIpc) is 3.46. The highest BCUT2D eigenvalue weighted by Gasteiger charge is 2.15. The van der Waals surface area contributed by atoms with Crippen LogP contribution in [0.15, 0.2) is 29.9 Å². The average molecular weight is 385 g/mol. The number of piperidine rings is 1. The molecule has 1 fully saturated rings. The summed E-state index contributed by atoms with van der Waals surface area (Å²) >= 11 is 1.63. The molecule has 1 atom stereocenters. The Kier molecular flexibility index (Phi) is 5.59. The molecule has 9 heteroatoms. The monoisotopic (exact) mass is 385 g/mol. The molecule has 3 aromatic rings. The number of amides is 1. The first kappa shape index (κ1) is 17.9. The number of carbonyl (C=O) groups excluding carboxylic acids is 1. The van der Waals surface area contributed by atoms with E-state index in [1.54, 1.807) is 28.4 Å². The van der Waals surface area contributed by atoms with Crippen molar-refractivity contribution in [1.82, 2.24) is 35.8 Å². The van der Waals surface area contributed by atoms with Crippen molar-refractivity contribution >= 4 is 17.2 Å². The maximum atomic E-state index is 12.4. The van der Waals surface area contributed by atoms with Crippen molar-refractivity contribution in [3.05, 3.63) is 41.2 Å². The van der Waals surface area contributed by atoms with Gasteiger partial charge in [-0.2, -0.15) is 5.10 Å². The quantitative estimate of drug-likeness (QED) is 0.579. The third-order valence-electron chi connectivity index (χ3n) is 4.82. The maximum Gasteiger partial charge on any atom is 0.273 e. The first-order chi connectivity index (χ1) is 13.3. The lowest BCUT2D eigenvalue weighted by molar-refractivity contribution is 0.0946. The molecule has 4 heterocycles. The minimum atomic E-state index is -0.227. The Bertz CT molecular complexity index is 864. The number of aryl methyl sites for hydroxylation is 1. The van der Waals surface area contributed by atoms with Gasteiger partial charge in [-0.15, -0.1) is 16.4 Å². The number of nitrogens with one attached hydrogen (secondary N) is 3. The van der Waals surface area contributed by atoms with E-state index >= 15 is 0 Å². The number of aromatic nitrogens is 5. The molecule has 1 aliphatic heterocycles. The second-order valence-corrected chi connectivity index (χ2v) is 7.68. The topological polar surface area (TPSA) is 101 Å². The molecule has 4 rings (SSSR count). The van der Waals surface area contributed by atoms with Gasteiger partial charge in [-0.05, 0) is 37.3 Å². The van der Waals surface area contributed by atoms with Crippen molar-refractivity contribution in [2.24, 2.45) is 0 Å². The number of thiophene rings is 1. The van der Waals surface area contributed by atoms with E-state index < -0.39 is 0 Å². The lowest BCUT2D eigenvalue weighted by Crippen LogP contribution is -2.34. The summed E-state index contributed by atoms with van der Waals surface area (Å²) in [6.07, 6.45) is 8.21. The molecule has 0 aromatic carbocycles. The predicted molar refractivity (Wildman–Crippen MR) is 103 cm³/mol. The number of H-pyrrole nitrogens is 1. The van der Waals surface area contributed by atoms with Crippen LogP contribution < -0.4 is 10.6 Å². The zero-order chi connectivity index (χ0) is 18.5. The lowest BCUT2D eigenvalue weighted by atomic mass is 10.0. The summed E-state index contributed by atoms with van der Waals surface area (Å²) in [5, 5.41) is 23.6.